The summed E-state index contributed by atoms with van der Waals surface area (Å²) in [5, 5.41) is 14.7. The molecular weight excluding hydrogens is 472 g/mol. The predicted molar refractivity (Wildman–Crippen MR) is 124 cm³/mol. The lowest BCUT2D eigenvalue weighted by Crippen LogP contribution is -2.50. The van der Waals surface area contributed by atoms with E-state index in [9.17, 15) is 10.1 Å². The molecule has 2 fully saturated rings. The summed E-state index contributed by atoms with van der Waals surface area (Å²) in [6.45, 7) is 7.03. The zero-order valence-corrected chi connectivity index (χ0v) is 19.7. The Labute approximate surface area is 194 Å². The second-order valence-corrected chi connectivity index (χ2v) is 10.00. The minimum Gasteiger partial charge on any atom is -0.444 e. The molecule has 8 nitrogen and oxygen atoms in total. The maximum absolute atomic E-state index is 12.5. The number of amides is 1. The van der Waals surface area contributed by atoms with Gasteiger partial charge < -0.3 is 14.5 Å². The summed E-state index contributed by atoms with van der Waals surface area (Å²) in [5.74, 6) is 0.868. The van der Waals surface area contributed by atoms with E-state index in [1.807, 2.05) is 54.6 Å². The van der Waals surface area contributed by atoms with Crippen LogP contribution in [0.1, 0.15) is 32.8 Å². The third-order valence-corrected chi connectivity index (χ3v) is 6.49. The van der Waals surface area contributed by atoms with Crippen molar-refractivity contribution in [2.45, 2.75) is 44.9 Å². The third-order valence-electron chi connectivity index (χ3n) is 5.90. The van der Waals surface area contributed by atoms with Crippen LogP contribution in [-0.4, -0.2) is 56.5 Å². The van der Waals surface area contributed by atoms with Crippen molar-refractivity contribution in [2.24, 2.45) is 0 Å². The van der Waals surface area contributed by atoms with Crippen molar-refractivity contribution in [2.75, 3.05) is 18.0 Å². The van der Waals surface area contributed by atoms with Gasteiger partial charge in [0.15, 0.2) is 0 Å². The smallest absolute Gasteiger partial charge is 0.410 e. The maximum Gasteiger partial charge on any atom is 0.410 e. The highest BCUT2D eigenvalue weighted by molar-refractivity contribution is 9.10. The lowest BCUT2D eigenvalue weighted by atomic mass is 10.2. The lowest BCUT2D eigenvalue weighted by Gasteiger charge is -2.35. The van der Waals surface area contributed by atoms with Crippen molar-refractivity contribution < 1.29 is 9.53 Å². The first-order chi connectivity index (χ1) is 15.2. The first-order valence-electron chi connectivity index (χ1n) is 10.5. The van der Waals surface area contributed by atoms with Gasteiger partial charge in [-0.15, -0.1) is 0 Å². The van der Waals surface area contributed by atoms with Gasteiger partial charge >= 0.3 is 6.09 Å². The predicted octanol–water partition coefficient (Wildman–Crippen LogP) is 4.25. The number of carbonyl (C=O) groups excluding carboxylic acids is 1. The molecule has 2 aromatic heterocycles. The van der Waals surface area contributed by atoms with Gasteiger partial charge in [-0.25, -0.2) is 14.5 Å². The second-order valence-electron chi connectivity index (χ2n) is 9.25. The molecule has 0 radical (unpaired) electrons. The molecule has 0 aliphatic carbocycles. The molecule has 2 aliphatic rings. The number of ether oxygens (including phenoxy) is 1. The summed E-state index contributed by atoms with van der Waals surface area (Å²) in [6.07, 6.45) is 2.46. The molecular formula is C23H23BrN6O2. The largest absolute Gasteiger partial charge is 0.444 e. The summed E-state index contributed by atoms with van der Waals surface area (Å²) < 4.78 is 8.11. The van der Waals surface area contributed by atoms with Gasteiger partial charge in [0, 0.05) is 30.7 Å². The first kappa shape index (κ1) is 20.8. The van der Waals surface area contributed by atoms with Gasteiger partial charge in [-0.2, -0.15) is 10.4 Å². The molecule has 9 heteroatoms. The Bertz CT molecular complexity index is 1260. The number of halogens is 1. The molecule has 164 valence electrons. The van der Waals surface area contributed by atoms with Crippen LogP contribution in [0.4, 0.5) is 10.6 Å². The molecule has 1 aromatic carbocycles. The summed E-state index contributed by atoms with van der Waals surface area (Å²) in [6, 6.07) is 12.0. The molecule has 2 bridgehead atoms. The third kappa shape index (κ3) is 3.58. The van der Waals surface area contributed by atoms with E-state index in [4.69, 9.17) is 4.74 Å². The molecule has 2 atom stereocenters. The Kier molecular flexibility index (Phi) is 4.86. The molecule has 2 saturated heterocycles. The topological polar surface area (TPSA) is 87.3 Å². The molecule has 2 aliphatic heterocycles. The van der Waals surface area contributed by atoms with Crippen LogP contribution in [-0.2, 0) is 4.74 Å². The second kappa shape index (κ2) is 7.48. The SMILES string of the molecule is CC(C)(C)OC(=O)N1C[C@@H]2C[C@H]1CN2c1cc(-n2nc(Br)c3cc(C#N)ccc32)ccn1. The van der Waals surface area contributed by atoms with E-state index in [-0.39, 0.29) is 18.2 Å². The molecule has 0 unspecified atom stereocenters. The van der Waals surface area contributed by atoms with E-state index in [2.05, 4.69) is 37.0 Å². The zero-order valence-electron chi connectivity index (χ0n) is 18.1. The number of nitriles is 1. The Balaban J connectivity index is 1.40. The number of fused-ring (bicyclic) bond motifs is 3. The molecule has 3 aromatic rings. The van der Waals surface area contributed by atoms with E-state index in [0.29, 0.717) is 16.7 Å². The highest BCUT2D eigenvalue weighted by atomic mass is 79.9. The van der Waals surface area contributed by atoms with Gasteiger partial charge in [0.1, 0.15) is 16.0 Å². The van der Waals surface area contributed by atoms with Crippen LogP contribution < -0.4 is 4.90 Å². The molecule has 0 saturated carbocycles. The lowest BCUT2D eigenvalue weighted by molar-refractivity contribution is 0.0214. The zero-order chi connectivity index (χ0) is 22.6. The quantitative estimate of drug-likeness (QED) is 0.528. The normalized spacial score (nSPS) is 20.1. The number of anilines is 1. The monoisotopic (exact) mass is 494 g/mol. The van der Waals surface area contributed by atoms with Gasteiger partial charge in [0.2, 0.25) is 0 Å². The number of likely N-dealkylation sites (tertiary alicyclic amines) is 1. The number of rotatable bonds is 2. The van der Waals surface area contributed by atoms with Gasteiger partial charge in [0.05, 0.1) is 34.9 Å². The molecule has 5 rings (SSSR count). The molecule has 1 amide bonds. The number of benzene rings is 1. The van der Waals surface area contributed by atoms with Crippen LogP contribution in [0.3, 0.4) is 0 Å². The van der Waals surface area contributed by atoms with Crippen molar-refractivity contribution in [3.63, 3.8) is 0 Å². The van der Waals surface area contributed by atoms with Crippen molar-refractivity contribution in [1.82, 2.24) is 19.7 Å². The number of aromatic nitrogens is 3. The van der Waals surface area contributed by atoms with E-state index < -0.39 is 5.60 Å². The molecule has 0 N–H and O–H groups in total. The number of carbonyl (C=O) groups is 1. The van der Waals surface area contributed by atoms with Crippen molar-refractivity contribution in [3.05, 3.63) is 46.7 Å². The van der Waals surface area contributed by atoms with Crippen LogP contribution in [0.2, 0.25) is 0 Å². The minimum absolute atomic E-state index is 0.129. The minimum atomic E-state index is -0.497. The Morgan fingerprint density at radius 3 is 2.72 bits per heavy atom. The molecule has 32 heavy (non-hydrogen) atoms. The van der Waals surface area contributed by atoms with Crippen molar-refractivity contribution >= 4 is 38.7 Å². The molecule has 0 spiro atoms. The fraction of sp³-hybridized carbons (Fsp3) is 0.391. The van der Waals surface area contributed by atoms with E-state index in [1.54, 1.807) is 12.3 Å². The highest BCUT2D eigenvalue weighted by Crippen LogP contribution is 2.35. The standard InChI is InChI=1S/C23H23BrN6O2/c1-23(2,3)32-22(31)29-13-16-9-17(29)12-28(16)20-10-15(6-7-26-20)30-19-5-4-14(11-25)8-18(19)21(24)27-30/h4-8,10,16-17H,9,12-13H2,1-3H3/t16-,17-/m0/s1. The van der Waals surface area contributed by atoms with Gasteiger partial charge in [-0.05, 0) is 67.4 Å². The maximum atomic E-state index is 12.5. The van der Waals surface area contributed by atoms with E-state index >= 15 is 0 Å². The van der Waals surface area contributed by atoms with Gasteiger partial charge in [-0.1, -0.05) is 0 Å². The number of hydrogen-bond donors (Lipinski definition) is 0. The highest BCUT2D eigenvalue weighted by Gasteiger charge is 2.47. The van der Waals surface area contributed by atoms with Gasteiger partial charge in [0.25, 0.3) is 0 Å². The van der Waals surface area contributed by atoms with Crippen molar-refractivity contribution in [1.29, 1.82) is 5.26 Å². The number of piperazine rings is 1. The van der Waals surface area contributed by atoms with E-state index in [0.717, 1.165) is 35.4 Å². The van der Waals surface area contributed by atoms with Crippen LogP contribution >= 0.6 is 15.9 Å². The van der Waals surface area contributed by atoms with E-state index in [1.165, 1.54) is 0 Å². The Morgan fingerprint density at radius 2 is 2.03 bits per heavy atom. The van der Waals surface area contributed by atoms with Crippen LogP contribution in [0.15, 0.2) is 41.1 Å². The average Bonchev–Trinajstić information content (AvgIpc) is 3.45. The first-order valence-corrected chi connectivity index (χ1v) is 11.3. The fourth-order valence-corrected chi connectivity index (χ4v) is 5.01. The Morgan fingerprint density at radius 1 is 1.22 bits per heavy atom. The number of pyridine rings is 1. The number of nitrogens with zero attached hydrogens (tertiary/aromatic N) is 6. The van der Waals surface area contributed by atoms with Crippen molar-refractivity contribution in [3.8, 4) is 11.8 Å². The Hall–Kier alpha value is -3.12. The molecule has 4 heterocycles. The fourth-order valence-electron chi connectivity index (χ4n) is 4.54. The van der Waals surface area contributed by atoms with Crippen LogP contribution in [0, 0.1) is 11.3 Å². The van der Waals surface area contributed by atoms with Crippen LogP contribution in [0.25, 0.3) is 16.6 Å². The summed E-state index contributed by atoms with van der Waals surface area (Å²) in [4.78, 5) is 21.3. The average molecular weight is 495 g/mol. The number of hydrogen-bond acceptors (Lipinski definition) is 6. The van der Waals surface area contributed by atoms with Gasteiger partial charge in [-0.3, -0.25) is 0 Å². The summed E-state index contributed by atoms with van der Waals surface area (Å²) in [7, 11) is 0. The summed E-state index contributed by atoms with van der Waals surface area (Å²) >= 11 is 3.51. The summed E-state index contributed by atoms with van der Waals surface area (Å²) in [5.41, 5.74) is 1.90. The van der Waals surface area contributed by atoms with Crippen LogP contribution in [0.5, 0.6) is 0 Å².